The number of carbonyl (C=O) groups excluding carboxylic acids is 1. The fraction of sp³-hybridized carbons (Fsp3) is 0.588. The van der Waals surface area contributed by atoms with Crippen LogP contribution in [0, 0.1) is 21.4 Å². The number of rotatable bonds is 7. The van der Waals surface area contributed by atoms with Gasteiger partial charge in [0.2, 0.25) is 15.9 Å². The van der Waals surface area contributed by atoms with Crippen LogP contribution in [0.2, 0.25) is 0 Å². The van der Waals surface area contributed by atoms with E-state index >= 15 is 0 Å². The first kappa shape index (κ1) is 19.7. The van der Waals surface area contributed by atoms with Gasteiger partial charge in [-0.2, -0.15) is 0 Å². The number of amides is 1. The van der Waals surface area contributed by atoms with Crippen LogP contribution in [-0.2, 0) is 14.8 Å². The first-order valence-corrected chi connectivity index (χ1v) is 10.6. The fourth-order valence-corrected chi connectivity index (χ4v) is 5.15. The van der Waals surface area contributed by atoms with Gasteiger partial charge in [-0.25, -0.2) is 13.1 Å². The van der Waals surface area contributed by atoms with Crippen LogP contribution in [0.15, 0.2) is 29.2 Å². The van der Waals surface area contributed by atoms with E-state index in [0.717, 1.165) is 38.3 Å². The number of nitrogens with one attached hydrogen (secondary N) is 3. The van der Waals surface area contributed by atoms with Crippen molar-refractivity contribution in [2.75, 3.05) is 26.2 Å². The van der Waals surface area contributed by atoms with Crippen molar-refractivity contribution in [2.24, 2.45) is 11.3 Å². The highest BCUT2D eigenvalue weighted by Gasteiger charge is 2.49. The first-order valence-electron chi connectivity index (χ1n) is 9.08. The largest absolute Gasteiger partial charge is 0.354 e. The van der Waals surface area contributed by atoms with E-state index in [1.165, 1.54) is 18.2 Å². The second-order valence-electron chi connectivity index (χ2n) is 7.14. The molecule has 1 aromatic rings. The number of nitro benzene ring substituents is 1. The monoisotopic (exact) mass is 396 g/mol. The maximum absolute atomic E-state index is 12.7. The summed E-state index contributed by atoms with van der Waals surface area (Å²) in [5.74, 6) is 0.319. The molecule has 9 nitrogen and oxygen atoms in total. The maximum Gasteiger partial charge on any atom is 0.270 e. The highest BCUT2D eigenvalue weighted by Crippen LogP contribution is 2.43. The summed E-state index contributed by atoms with van der Waals surface area (Å²) in [7, 11) is -3.88. The Morgan fingerprint density at radius 2 is 2.15 bits per heavy atom. The molecule has 1 aliphatic heterocycles. The molecule has 1 saturated carbocycles. The van der Waals surface area contributed by atoms with Crippen molar-refractivity contribution in [1.82, 2.24) is 15.4 Å². The molecule has 10 heteroatoms. The van der Waals surface area contributed by atoms with E-state index in [2.05, 4.69) is 15.4 Å². The van der Waals surface area contributed by atoms with Gasteiger partial charge in [0.25, 0.3) is 5.69 Å². The van der Waals surface area contributed by atoms with Crippen molar-refractivity contribution in [3.8, 4) is 0 Å². The van der Waals surface area contributed by atoms with Crippen LogP contribution >= 0.6 is 0 Å². The van der Waals surface area contributed by atoms with Gasteiger partial charge in [0.05, 0.1) is 15.2 Å². The molecule has 1 aromatic carbocycles. The highest BCUT2D eigenvalue weighted by molar-refractivity contribution is 7.89. The zero-order valence-corrected chi connectivity index (χ0v) is 15.8. The number of non-ortho nitro benzene ring substituents is 1. The lowest BCUT2D eigenvalue weighted by Crippen LogP contribution is -2.49. The quantitative estimate of drug-likeness (QED) is 0.354. The summed E-state index contributed by atoms with van der Waals surface area (Å²) in [5, 5.41) is 17.0. The predicted octanol–water partition coefficient (Wildman–Crippen LogP) is 0.769. The number of benzene rings is 1. The molecule has 1 amide bonds. The molecule has 1 heterocycles. The van der Waals surface area contributed by atoms with E-state index in [9.17, 15) is 23.3 Å². The molecular formula is C17H24N4O5S. The third kappa shape index (κ3) is 4.12. The van der Waals surface area contributed by atoms with E-state index in [4.69, 9.17) is 0 Å². The Hall–Kier alpha value is -2.04. The molecule has 0 unspecified atom stereocenters. The van der Waals surface area contributed by atoms with Gasteiger partial charge in [-0.15, -0.1) is 0 Å². The van der Waals surface area contributed by atoms with E-state index in [0.29, 0.717) is 12.5 Å². The van der Waals surface area contributed by atoms with Gasteiger partial charge in [0, 0.05) is 31.8 Å². The van der Waals surface area contributed by atoms with Crippen LogP contribution in [0.3, 0.4) is 0 Å². The molecule has 0 bridgehead atoms. The minimum absolute atomic E-state index is 0.0188. The lowest BCUT2D eigenvalue weighted by Gasteiger charge is -2.37. The number of fused-ring (bicyclic) bond motifs is 1. The van der Waals surface area contributed by atoms with Crippen LogP contribution in [0.1, 0.15) is 25.7 Å². The molecule has 3 rings (SSSR count). The summed E-state index contributed by atoms with van der Waals surface area (Å²) < 4.78 is 26.9. The number of hydrogen-bond acceptors (Lipinski definition) is 6. The standard InChI is InChI=1S/C17H24N4O5S/c22-16(17-7-2-1-4-13(17)11-18-12-17)19-8-9-20-27(25,26)15-6-3-5-14(10-15)21(23)24/h3,5-6,10,13,18,20H,1-2,4,7-9,11-12H2,(H,19,22)/t13-,17+/m0/s1. The van der Waals surface area contributed by atoms with Crippen molar-refractivity contribution in [3.63, 3.8) is 0 Å². The average Bonchev–Trinajstić information content (AvgIpc) is 3.10. The number of carbonyl (C=O) groups is 1. The van der Waals surface area contributed by atoms with Gasteiger partial charge < -0.3 is 10.6 Å². The fourth-order valence-electron chi connectivity index (χ4n) is 4.08. The number of nitro groups is 1. The number of sulfonamides is 1. The van der Waals surface area contributed by atoms with Crippen LogP contribution in [0.5, 0.6) is 0 Å². The van der Waals surface area contributed by atoms with Gasteiger partial charge in [-0.05, 0) is 31.4 Å². The molecule has 2 aliphatic rings. The van der Waals surface area contributed by atoms with Crippen LogP contribution in [0.25, 0.3) is 0 Å². The minimum atomic E-state index is -3.88. The second-order valence-corrected chi connectivity index (χ2v) is 8.90. The summed E-state index contributed by atoms with van der Waals surface area (Å²) in [6, 6.07) is 4.86. The molecule has 0 aromatic heterocycles. The van der Waals surface area contributed by atoms with Crippen LogP contribution < -0.4 is 15.4 Å². The Kier molecular flexibility index (Phi) is 5.78. The van der Waals surface area contributed by atoms with Crippen LogP contribution in [-0.4, -0.2) is 45.4 Å². The van der Waals surface area contributed by atoms with Crippen molar-refractivity contribution >= 4 is 21.6 Å². The van der Waals surface area contributed by atoms with Crippen LogP contribution in [0.4, 0.5) is 5.69 Å². The third-order valence-electron chi connectivity index (χ3n) is 5.53. The summed E-state index contributed by atoms with van der Waals surface area (Å²) in [6.07, 6.45) is 4.07. The molecule has 0 spiro atoms. The van der Waals surface area contributed by atoms with E-state index in [1.807, 2.05) is 0 Å². The Labute approximate surface area is 158 Å². The van der Waals surface area contributed by atoms with E-state index < -0.39 is 14.9 Å². The zero-order valence-electron chi connectivity index (χ0n) is 14.9. The predicted molar refractivity (Wildman–Crippen MR) is 98.6 cm³/mol. The topological polar surface area (TPSA) is 130 Å². The second kappa shape index (κ2) is 7.91. The molecule has 2 fully saturated rings. The first-order chi connectivity index (χ1) is 12.8. The Balaban J connectivity index is 1.54. The van der Waals surface area contributed by atoms with Crippen molar-refractivity contribution < 1.29 is 18.1 Å². The summed E-state index contributed by atoms with van der Waals surface area (Å²) in [4.78, 5) is 22.7. The minimum Gasteiger partial charge on any atom is -0.354 e. The molecule has 0 radical (unpaired) electrons. The zero-order chi connectivity index (χ0) is 19.5. The molecular weight excluding hydrogens is 372 g/mol. The molecule has 2 atom stereocenters. The Morgan fingerprint density at radius 1 is 1.33 bits per heavy atom. The smallest absolute Gasteiger partial charge is 0.270 e. The number of nitrogens with zero attached hydrogens (tertiary/aromatic N) is 1. The summed E-state index contributed by atoms with van der Waals surface area (Å²) >= 11 is 0. The molecule has 1 saturated heterocycles. The van der Waals surface area contributed by atoms with Gasteiger partial charge in [-0.1, -0.05) is 18.9 Å². The Morgan fingerprint density at radius 3 is 2.93 bits per heavy atom. The molecule has 27 heavy (non-hydrogen) atoms. The van der Waals surface area contributed by atoms with Crippen molar-refractivity contribution in [3.05, 3.63) is 34.4 Å². The van der Waals surface area contributed by atoms with Gasteiger partial charge in [-0.3, -0.25) is 14.9 Å². The van der Waals surface area contributed by atoms with Gasteiger partial charge in [0.1, 0.15) is 0 Å². The third-order valence-corrected chi connectivity index (χ3v) is 6.99. The lowest BCUT2D eigenvalue weighted by atomic mass is 9.67. The van der Waals surface area contributed by atoms with Crippen molar-refractivity contribution in [2.45, 2.75) is 30.6 Å². The SMILES string of the molecule is O=C(NCCNS(=O)(=O)c1cccc([N+](=O)[O-])c1)[C@@]12CCCC[C@H]1CNC2. The average molecular weight is 396 g/mol. The van der Waals surface area contributed by atoms with Gasteiger partial charge in [0.15, 0.2) is 0 Å². The van der Waals surface area contributed by atoms with Gasteiger partial charge >= 0.3 is 0 Å². The maximum atomic E-state index is 12.7. The number of hydrogen-bond donors (Lipinski definition) is 3. The van der Waals surface area contributed by atoms with E-state index in [1.54, 1.807) is 0 Å². The normalized spacial score (nSPS) is 25.0. The van der Waals surface area contributed by atoms with Crippen molar-refractivity contribution in [1.29, 1.82) is 0 Å². The summed E-state index contributed by atoms with van der Waals surface area (Å²) in [5.41, 5.74) is -0.667. The Bertz CT molecular complexity index is 828. The molecule has 148 valence electrons. The van der Waals surface area contributed by atoms with E-state index in [-0.39, 0.29) is 35.0 Å². The highest BCUT2D eigenvalue weighted by atomic mass is 32.2. The summed E-state index contributed by atoms with van der Waals surface area (Å²) in [6.45, 7) is 1.71. The molecule has 3 N–H and O–H groups in total. The molecule has 1 aliphatic carbocycles. The lowest BCUT2D eigenvalue weighted by molar-refractivity contribution is -0.385.